The Morgan fingerprint density at radius 1 is 1.53 bits per heavy atom. The highest BCUT2D eigenvalue weighted by molar-refractivity contribution is 5.77. The van der Waals surface area contributed by atoms with Crippen molar-refractivity contribution in [2.45, 2.75) is 31.5 Å². The zero-order valence-electron chi connectivity index (χ0n) is 8.60. The molecule has 0 bridgehead atoms. The molecule has 1 aliphatic rings. The van der Waals surface area contributed by atoms with Crippen LogP contribution in [0, 0.1) is 0 Å². The van der Waals surface area contributed by atoms with Crippen LogP contribution in [0.2, 0.25) is 0 Å². The molecule has 0 spiro atoms. The Hall–Kier alpha value is -0.780. The largest absolute Gasteiger partial charge is 0.397 e. The van der Waals surface area contributed by atoms with Gasteiger partial charge in [0, 0.05) is 19.1 Å². The molecule has 6 heteroatoms. The number of halogens is 3. The van der Waals surface area contributed by atoms with Crippen molar-refractivity contribution in [2.75, 3.05) is 20.1 Å². The number of amides is 1. The number of carbonyl (C=O) groups excluding carboxylic acids is 1. The lowest BCUT2D eigenvalue weighted by atomic mass is 10.2. The number of likely N-dealkylation sites (tertiary alicyclic amines) is 1. The van der Waals surface area contributed by atoms with Crippen LogP contribution in [-0.4, -0.2) is 43.2 Å². The summed E-state index contributed by atoms with van der Waals surface area (Å²) in [4.78, 5) is 12.7. The van der Waals surface area contributed by atoms with E-state index in [0.717, 1.165) is 12.8 Å². The van der Waals surface area contributed by atoms with Crippen molar-refractivity contribution < 1.29 is 18.0 Å². The number of hydrogen-bond donors (Lipinski definition) is 1. The maximum absolute atomic E-state index is 12.0. The van der Waals surface area contributed by atoms with Gasteiger partial charge in [0.15, 0.2) is 0 Å². The van der Waals surface area contributed by atoms with Gasteiger partial charge < -0.3 is 10.2 Å². The molecule has 0 aromatic heterocycles. The standard InChI is InChI=1S/C9H15F3N2O/c1-13-6-7-3-2-4-14(7)8(15)5-9(10,11)12/h7,13H,2-6H2,1H3. The predicted molar refractivity (Wildman–Crippen MR) is 49.3 cm³/mol. The number of hydrogen-bond acceptors (Lipinski definition) is 2. The summed E-state index contributed by atoms with van der Waals surface area (Å²) in [6.07, 6.45) is -4.17. The molecule has 3 nitrogen and oxygen atoms in total. The van der Waals surface area contributed by atoms with Crippen molar-refractivity contribution in [3.8, 4) is 0 Å². The molecule has 1 rings (SSSR count). The first kappa shape index (κ1) is 12.3. The van der Waals surface area contributed by atoms with Gasteiger partial charge in [0.05, 0.1) is 0 Å². The van der Waals surface area contributed by atoms with Gasteiger partial charge in [0.2, 0.25) is 5.91 Å². The van der Waals surface area contributed by atoms with E-state index in [9.17, 15) is 18.0 Å². The third kappa shape index (κ3) is 3.70. The molecule has 0 saturated carbocycles. The highest BCUT2D eigenvalue weighted by Crippen LogP contribution is 2.24. The number of nitrogens with zero attached hydrogens (tertiary/aromatic N) is 1. The molecule has 1 fully saturated rings. The van der Waals surface area contributed by atoms with Crippen LogP contribution in [0.4, 0.5) is 13.2 Å². The highest BCUT2D eigenvalue weighted by atomic mass is 19.4. The van der Waals surface area contributed by atoms with E-state index < -0.39 is 18.5 Å². The van der Waals surface area contributed by atoms with Gasteiger partial charge in [0.1, 0.15) is 6.42 Å². The Balaban J connectivity index is 2.51. The Morgan fingerprint density at radius 2 is 2.20 bits per heavy atom. The molecule has 1 amide bonds. The summed E-state index contributed by atoms with van der Waals surface area (Å²) in [5.41, 5.74) is 0. The van der Waals surface area contributed by atoms with Crippen LogP contribution in [0.15, 0.2) is 0 Å². The lowest BCUT2D eigenvalue weighted by Gasteiger charge is -2.25. The molecule has 1 unspecified atom stereocenters. The van der Waals surface area contributed by atoms with Gasteiger partial charge in [0.25, 0.3) is 0 Å². The molecule has 0 aromatic carbocycles. The van der Waals surface area contributed by atoms with Crippen LogP contribution in [-0.2, 0) is 4.79 Å². The predicted octanol–water partition coefficient (Wildman–Crippen LogP) is 1.15. The first-order chi connectivity index (χ1) is 6.94. The molecule has 15 heavy (non-hydrogen) atoms. The maximum Gasteiger partial charge on any atom is 0.397 e. The van der Waals surface area contributed by atoms with Crippen LogP contribution in [0.1, 0.15) is 19.3 Å². The van der Waals surface area contributed by atoms with E-state index >= 15 is 0 Å². The summed E-state index contributed by atoms with van der Waals surface area (Å²) in [5, 5.41) is 2.88. The van der Waals surface area contributed by atoms with Crippen LogP contribution in [0.5, 0.6) is 0 Å². The average molecular weight is 224 g/mol. The van der Waals surface area contributed by atoms with E-state index in [4.69, 9.17) is 0 Å². The zero-order chi connectivity index (χ0) is 11.5. The number of nitrogens with one attached hydrogen (secondary N) is 1. The second-order valence-electron chi connectivity index (χ2n) is 3.73. The van der Waals surface area contributed by atoms with Gasteiger partial charge in [-0.3, -0.25) is 4.79 Å². The minimum absolute atomic E-state index is 0.0788. The zero-order valence-corrected chi connectivity index (χ0v) is 8.60. The third-order valence-electron chi connectivity index (χ3n) is 2.49. The lowest BCUT2D eigenvalue weighted by Crippen LogP contribution is -2.42. The van der Waals surface area contributed by atoms with Gasteiger partial charge >= 0.3 is 6.18 Å². The normalized spacial score (nSPS) is 22.1. The molecule has 88 valence electrons. The summed E-state index contributed by atoms with van der Waals surface area (Å²) in [6, 6.07) is -0.0788. The summed E-state index contributed by atoms with van der Waals surface area (Å²) in [5.74, 6) is -0.805. The lowest BCUT2D eigenvalue weighted by molar-refractivity contribution is -0.161. The van der Waals surface area contributed by atoms with Crippen LogP contribution >= 0.6 is 0 Å². The first-order valence-electron chi connectivity index (χ1n) is 4.95. The van der Waals surface area contributed by atoms with E-state index in [1.165, 1.54) is 4.90 Å². The SMILES string of the molecule is CNCC1CCCN1C(=O)CC(F)(F)F. The van der Waals surface area contributed by atoms with Crippen molar-refractivity contribution in [2.24, 2.45) is 0 Å². The fraction of sp³-hybridized carbons (Fsp3) is 0.889. The molecule has 1 heterocycles. The Morgan fingerprint density at radius 3 is 2.73 bits per heavy atom. The summed E-state index contributed by atoms with van der Waals surface area (Å²) in [6.45, 7) is 1.00. The summed E-state index contributed by atoms with van der Waals surface area (Å²) < 4.78 is 36.0. The van der Waals surface area contributed by atoms with E-state index in [-0.39, 0.29) is 6.04 Å². The molecule has 1 atom stereocenters. The minimum atomic E-state index is -4.40. The fourth-order valence-electron chi connectivity index (χ4n) is 1.88. The second-order valence-corrected chi connectivity index (χ2v) is 3.73. The van der Waals surface area contributed by atoms with Crippen molar-refractivity contribution >= 4 is 5.91 Å². The van der Waals surface area contributed by atoms with E-state index in [0.29, 0.717) is 13.1 Å². The quantitative estimate of drug-likeness (QED) is 0.780. The molecule has 1 aliphatic heterocycles. The average Bonchev–Trinajstić information content (AvgIpc) is 2.49. The van der Waals surface area contributed by atoms with Gasteiger partial charge in [-0.25, -0.2) is 0 Å². The Bertz CT molecular complexity index is 230. The molecule has 0 aromatic rings. The van der Waals surface area contributed by atoms with Gasteiger partial charge in [-0.15, -0.1) is 0 Å². The number of alkyl halides is 3. The Kier molecular flexibility index (Phi) is 3.96. The topological polar surface area (TPSA) is 32.3 Å². The van der Waals surface area contributed by atoms with Crippen molar-refractivity contribution in [1.29, 1.82) is 0 Å². The van der Waals surface area contributed by atoms with Crippen molar-refractivity contribution in [3.63, 3.8) is 0 Å². The second kappa shape index (κ2) is 4.83. The van der Waals surface area contributed by atoms with Crippen molar-refractivity contribution in [3.05, 3.63) is 0 Å². The fourth-order valence-corrected chi connectivity index (χ4v) is 1.88. The van der Waals surface area contributed by atoms with Gasteiger partial charge in [-0.2, -0.15) is 13.2 Å². The summed E-state index contributed by atoms with van der Waals surface area (Å²) >= 11 is 0. The molecule has 0 radical (unpaired) electrons. The smallest absolute Gasteiger partial charge is 0.338 e. The van der Waals surface area contributed by atoms with Gasteiger partial charge in [-0.05, 0) is 19.9 Å². The molecular weight excluding hydrogens is 209 g/mol. The maximum atomic E-state index is 12.0. The van der Waals surface area contributed by atoms with Crippen molar-refractivity contribution in [1.82, 2.24) is 10.2 Å². The van der Waals surface area contributed by atoms with Crippen LogP contribution < -0.4 is 5.32 Å². The molecule has 1 saturated heterocycles. The first-order valence-corrected chi connectivity index (χ1v) is 4.95. The van der Waals surface area contributed by atoms with E-state index in [1.807, 2.05) is 0 Å². The van der Waals surface area contributed by atoms with E-state index in [2.05, 4.69) is 5.32 Å². The molecule has 1 N–H and O–H groups in total. The minimum Gasteiger partial charge on any atom is -0.338 e. The van der Waals surface area contributed by atoms with Crippen LogP contribution in [0.25, 0.3) is 0 Å². The number of carbonyl (C=O) groups is 1. The van der Waals surface area contributed by atoms with E-state index in [1.54, 1.807) is 7.05 Å². The molecular formula is C9H15F3N2O. The third-order valence-corrected chi connectivity index (χ3v) is 2.49. The number of likely N-dealkylation sites (N-methyl/N-ethyl adjacent to an activating group) is 1. The van der Waals surface area contributed by atoms with Crippen LogP contribution in [0.3, 0.4) is 0 Å². The number of rotatable bonds is 3. The molecule has 0 aliphatic carbocycles. The van der Waals surface area contributed by atoms with Gasteiger partial charge in [-0.1, -0.05) is 0 Å². The highest BCUT2D eigenvalue weighted by Gasteiger charge is 2.36. The monoisotopic (exact) mass is 224 g/mol. The Labute approximate surface area is 86.6 Å². The summed E-state index contributed by atoms with van der Waals surface area (Å²) in [7, 11) is 1.73.